The van der Waals surface area contributed by atoms with Crippen LogP contribution in [0, 0.1) is 0 Å². The van der Waals surface area contributed by atoms with E-state index in [-0.39, 0.29) is 49.0 Å². The number of hydrogen-bond acceptors (Lipinski definition) is 10. The number of rotatable bonds is 8. The number of hydrogen-bond donors (Lipinski definition) is 4. The third-order valence-corrected chi connectivity index (χ3v) is 11.1. The zero-order chi connectivity index (χ0) is 32.0. The fourth-order valence-electron chi connectivity index (χ4n) is 8.33. The number of piperidine rings is 3. The molecule has 6 aliphatic heterocycles. The summed E-state index contributed by atoms with van der Waals surface area (Å²) in [4.78, 5) is 34.2. The lowest BCUT2D eigenvalue weighted by Gasteiger charge is -2.48. The first-order valence-corrected chi connectivity index (χ1v) is 17.2. The van der Waals surface area contributed by atoms with E-state index in [1.807, 2.05) is 41.3 Å². The van der Waals surface area contributed by atoms with Crippen LogP contribution in [-0.2, 0) is 10.2 Å². The van der Waals surface area contributed by atoms with Gasteiger partial charge in [-0.2, -0.15) is 15.0 Å². The third kappa shape index (κ3) is 6.03. The van der Waals surface area contributed by atoms with Crippen molar-refractivity contribution in [2.75, 3.05) is 66.4 Å². The smallest absolute Gasteiger partial charge is 0.323 e. The van der Waals surface area contributed by atoms with E-state index >= 15 is 0 Å². The van der Waals surface area contributed by atoms with Crippen LogP contribution in [-0.4, -0.2) is 106 Å². The number of anilines is 4. The Kier molecular flexibility index (Phi) is 8.20. The topological polar surface area (TPSA) is 139 Å². The summed E-state index contributed by atoms with van der Waals surface area (Å²) in [6.07, 6.45) is 7.54. The highest BCUT2D eigenvalue weighted by atomic mass is 16.5. The van der Waals surface area contributed by atoms with Crippen molar-refractivity contribution in [3.05, 3.63) is 54.1 Å². The van der Waals surface area contributed by atoms with Crippen molar-refractivity contribution in [1.82, 2.24) is 19.9 Å². The molecule has 248 valence electrons. The number of ether oxygens (including phenoxy) is 1. The van der Waals surface area contributed by atoms with E-state index < -0.39 is 0 Å². The van der Waals surface area contributed by atoms with Gasteiger partial charge in [0.15, 0.2) is 5.82 Å². The number of benzene rings is 2. The number of aromatic nitrogens is 3. The van der Waals surface area contributed by atoms with Gasteiger partial charge in [0.05, 0.1) is 37.5 Å². The quantitative estimate of drug-likeness (QED) is 0.289. The minimum Gasteiger partial charge on any atom is -0.394 e. The highest BCUT2D eigenvalue weighted by Gasteiger charge is 2.41. The molecule has 2 aromatic carbocycles. The fraction of sp³-hybridized carbons (Fsp3) is 0.543. The van der Waals surface area contributed by atoms with Gasteiger partial charge in [0.1, 0.15) is 0 Å². The van der Waals surface area contributed by atoms with Crippen LogP contribution in [0.25, 0.3) is 11.4 Å². The van der Waals surface area contributed by atoms with E-state index in [9.17, 15) is 15.0 Å². The average Bonchev–Trinajstić information content (AvgIpc) is 3.70. The molecule has 2 amide bonds. The number of morpholine rings is 1. The molecule has 47 heavy (non-hydrogen) atoms. The Bertz CT molecular complexity index is 1540. The summed E-state index contributed by atoms with van der Waals surface area (Å²) < 4.78 is 6.06. The molecule has 0 saturated carbocycles. The predicted octanol–water partition coefficient (Wildman–Crippen LogP) is 3.61. The highest BCUT2D eigenvalue weighted by Crippen LogP contribution is 2.43. The Hall–Kier alpha value is -3.84. The molecule has 4 unspecified atom stereocenters. The van der Waals surface area contributed by atoms with Crippen LogP contribution in [0.1, 0.15) is 50.5 Å². The molecule has 0 spiro atoms. The Labute approximate surface area is 275 Å². The van der Waals surface area contributed by atoms with E-state index in [0.717, 1.165) is 36.9 Å². The highest BCUT2D eigenvalue weighted by molar-refractivity contribution is 5.99. The van der Waals surface area contributed by atoms with Crippen molar-refractivity contribution in [3.63, 3.8) is 0 Å². The van der Waals surface area contributed by atoms with E-state index in [1.165, 1.54) is 44.5 Å². The van der Waals surface area contributed by atoms with Crippen LogP contribution >= 0.6 is 0 Å². The molecule has 4 atom stereocenters. The number of carbonyl (C=O) groups is 1. The van der Waals surface area contributed by atoms with E-state index in [1.54, 1.807) is 0 Å². The Morgan fingerprint density at radius 1 is 0.766 bits per heavy atom. The van der Waals surface area contributed by atoms with Crippen LogP contribution in [0.5, 0.6) is 0 Å². The number of carbonyl (C=O) groups excluding carboxylic acids is 1. The summed E-state index contributed by atoms with van der Waals surface area (Å²) in [6, 6.07) is 15.2. The van der Waals surface area contributed by atoms with Gasteiger partial charge in [0, 0.05) is 30.0 Å². The molecule has 0 radical (unpaired) electrons. The molecule has 1 aromatic heterocycles. The first kappa shape index (κ1) is 30.5. The van der Waals surface area contributed by atoms with Gasteiger partial charge in [0.25, 0.3) is 0 Å². The minimum atomic E-state index is -0.305. The van der Waals surface area contributed by atoms with Gasteiger partial charge in [0.2, 0.25) is 11.9 Å². The number of aliphatic hydroxyl groups is 2. The number of amides is 2. The summed E-state index contributed by atoms with van der Waals surface area (Å²) in [5, 5.41) is 26.1. The molecule has 6 saturated heterocycles. The zero-order valence-electron chi connectivity index (χ0n) is 26.7. The minimum absolute atomic E-state index is 0.0409. The van der Waals surface area contributed by atoms with Crippen molar-refractivity contribution in [2.24, 2.45) is 0 Å². The molecule has 7 heterocycles. The lowest BCUT2D eigenvalue weighted by Crippen LogP contribution is -2.50. The maximum atomic E-state index is 12.9. The fourth-order valence-corrected chi connectivity index (χ4v) is 8.33. The normalized spacial score (nSPS) is 29.7. The monoisotopic (exact) mass is 640 g/mol. The van der Waals surface area contributed by atoms with Gasteiger partial charge in [-0.25, -0.2) is 4.79 Å². The maximum absolute atomic E-state index is 12.9. The van der Waals surface area contributed by atoms with Crippen LogP contribution < -0.4 is 20.4 Å². The lowest BCUT2D eigenvalue weighted by atomic mass is 9.67. The average molecular weight is 641 g/mol. The molecular weight excluding hydrogens is 596 g/mol. The van der Waals surface area contributed by atoms with Gasteiger partial charge >= 0.3 is 6.03 Å². The molecular formula is C35H44N8O4. The SMILES string of the molecule is O=C(Nc1ccc(-c2nc(N3CC4CCC(C3)O4)nc(N3C(CO)CCC3CO)n2)cc1)Nc1ccc(C23CCN(CC2)CC3)cc1. The predicted molar refractivity (Wildman–Crippen MR) is 180 cm³/mol. The summed E-state index contributed by atoms with van der Waals surface area (Å²) in [5.74, 6) is 1.54. The second kappa shape index (κ2) is 12.6. The molecule has 6 aliphatic rings. The largest absolute Gasteiger partial charge is 0.394 e. The summed E-state index contributed by atoms with van der Waals surface area (Å²) in [6.45, 7) is 4.88. The molecule has 4 bridgehead atoms. The van der Waals surface area contributed by atoms with Gasteiger partial charge in [-0.15, -0.1) is 0 Å². The van der Waals surface area contributed by atoms with Crippen LogP contribution in [0.4, 0.5) is 28.1 Å². The third-order valence-electron chi connectivity index (χ3n) is 11.1. The van der Waals surface area contributed by atoms with Gasteiger partial charge in [-0.05, 0) is 112 Å². The first-order chi connectivity index (χ1) is 23.0. The van der Waals surface area contributed by atoms with Gasteiger partial charge in [-0.3, -0.25) is 0 Å². The second-order valence-electron chi connectivity index (χ2n) is 13.9. The maximum Gasteiger partial charge on any atom is 0.323 e. The van der Waals surface area contributed by atoms with E-state index in [4.69, 9.17) is 19.7 Å². The van der Waals surface area contributed by atoms with Crippen LogP contribution in [0.3, 0.4) is 0 Å². The molecule has 3 aromatic rings. The van der Waals surface area contributed by atoms with Gasteiger partial charge < -0.3 is 40.3 Å². The van der Waals surface area contributed by atoms with E-state index in [0.29, 0.717) is 36.5 Å². The van der Waals surface area contributed by atoms with Gasteiger partial charge in [-0.1, -0.05) is 12.1 Å². The van der Waals surface area contributed by atoms with Crippen molar-refractivity contribution >= 4 is 29.3 Å². The molecule has 9 rings (SSSR count). The van der Waals surface area contributed by atoms with Crippen LogP contribution in [0.15, 0.2) is 48.5 Å². The Morgan fingerprint density at radius 2 is 1.32 bits per heavy atom. The molecule has 12 heteroatoms. The number of fused-ring (bicyclic) bond motifs is 5. The summed E-state index contributed by atoms with van der Waals surface area (Å²) >= 11 is 0. The number of aliphatic hydroxyl groups excluding tert-OH is 2. The molecule has 0 aliphatic carbocycles. The number of nitrogens with zero attached hydrogens (tertiary/aromatic N) is 6. The molecule has 6 fully saturated rings. The summed E-state index contributed by atoms with van der Waals surface area (Å²) in [5.41, 5.74) is 3.86. The number of nitrogens with one attached hydrogen (secondary N) is 2. The molecule has 4 N–H and O–H groups in total. The zero-order valence-corrected chi connectivity index (χ0v) is 26.7. The Morgan fingerprint density at radius 3 is 1.89 bits per heavy atom. The Balaban J connectivity index is 0.985. The van der Waals surface area contributed by atoms with Crippen molar-refractivity contribution in [1.29, 1.82) is 0 Å². The van der Waals surface area contributed by atoms with Crippen molar-refractivity contribution in [2.45, 2.75) is 74.7 Å². The standard InChI is InChI=1S/C35H44N8O4/c44-21-27-9-10-28(22-45)43(27)33-39-31(38-32(40-33)42-19-29-11-12-30(20-42)47-29)23-1-5-25(6-2-23)36-34(46)37-26-7-3-24(4-8-26)35-13-16-41(17-14-35)18-15-35/h1-8,27-30,44-45H,9-22H2,(H2,36,37,46). The second-order valence-corrected chi connectivity index (χ2v) is 13.9. The van der Waals surface area contributed by atoms with Crippen molar-refractivity contribution in [3.8, 4) is 11.4 Å². The summed E-state index contributed by atoms with van der Waals surface area (Å²) in [7, 11) is 0. The lowest BCUT2D eigenvalue weighted by molar-refractivity contribution is 0.0299. The first-order valence-electron chi connectivity index (χ1n) is 17.2. The van der Waals surface area contributed by atoms with Crippen molar-refractivity contribution < 1.29 is 19.7 Å². The number of urea groups is 1. The van der Waals surface area contributed by atoms with Crippen LogP contribution in [0.2, 0.25) is 0 Å². The van der Waals surface area contributed by atoms with E-state index in [2.05, 4.69) is 32.6 Å². The molecule has 12 nitrogen and oxygen atoms in total.